The summed E-state index contributed by atoms with van der Waals surface area (Å²) in [4.78, 5) is 0.213. The second-order valence-corrected chi connectivity index (χ2v) is 6.20. The van der Waals surface area contributed by atoms with Gasteiger partial charge in [-0.3, -0.25) is 0 Å². The number of sulfonamides is 1. The van der Waals surface area contributed by atoms with Gasteiger partial charge in [0.05, 0.1) is 18.3 Å². The number of benzene rings is 1. The molecule has 1 atom stereocenters. The summed E-state index contributed by atoms with van der Waals surface area (Å²) < 4.78 is 37.2. The Bertz CT molecular complexity index is 632. The number of ether oxygens (including phenoxy) is 1. The summed E-state index contributed by atoms with van der Waals surface area (Å²) in [5.74, 6) is 1.36. The topological polar surface area (TPSA) is 68.5 Å². The number of hydrogen-bond donors (Lipinski definition) is 1. The number of furan rings is 1. The van der Waals surface area contributed by atoms with Gasteiger partial charge < -0.3 is 9.15 Å². The molecule has 5 nitrogen and oxygen atoms in total. The van der Waals surface area contributed by atoms with Crippen molar-refractivity contribution in [1.82, 2.24) is 4.72 Å². The molecule has 0 radical (unpaired) electrons. The molecule has 1 heterocycles. The van der Waals surface area contributed by atoms with E-state index in [1.54, 1.807) is 31.4 Å². The lowest BCUT2D eigenvalue weighted by molar-refractivity contribution is 0.414. The first kappa shape index (κ1) is 14.6. The van der Waals surface area contributed by atoms with E-state index in [1.165, 1.54) is 19.2 Å². The van der Waals surface area contributed by atoms with E-state index in [9.17, 15) is 8.42 Å². The average molecular weight is 295 g/mol. The zero-order chi connectivity index (χ0) is 14.6. The van der Waals surface area contributed by atoms with Crippen LogP contribution in [0.15, 0.2) is 52.0 Å². The van der Waals surface area contributed by atoms with Gasteiger partial charge in [-0.05, 0) is 43.3 Å². The monoisotopic (exact) mass is 295 g/mol. The van der Waals surface area contributed by atoms with Crippen LogP contribution in [0.5, 0.6) is 5.75 Å². The maximum Gasteiger partial charge on any atom is 0.240 e. The molecule has 0 aliphatic rings. The molecule has 0 aliphatic carbocycles. The van der Waals surface area contributed by atoms with E-state index >= 15 is 0 Å². The Labute approximate surface area is 118 Å². The van der Waals surface area contributed by atoms with Gasteiger partial charge >= 0.3 is 0 Å². The molecule has 0 saturated carbocycles. The lowest BCUT2D eigenvalue weighted by Gasteiger charge is -2.13. The van der Waals surface area contributed by atoms with Crippen LogP contribution in [0, 0.1) is 0 Å². The minimum atomic E-state index is -3.53. The molecular formula is C14H17NO4S. The Morgan fingerprint density at radius 3 is 2.50 bits per heavy atom. The van der Waals surface area contributed by atoms with Crippen molar-refractivity contribution in [1.29, 1.82) is 0 Å². The van der Waals surface area contributed by atoms with Crippen molar-refractivity contribution in [2.45, 2.75) is 24.3 Å². The van der Waals surface area contributed by atoms with E-state index in [-0.39, 0.29) is 10.9 Å². The molecular weight excluding hydrogens is 278 g/mol. The Balaban J connectivity index is 2.05. The van der Waals surface area contributed by atoms with Crippen molar-refractivity contribution in [3.63, 3.8) is 0 Å². The first-order chi connectivity index (χ1) is 9.51. The summed E-state index contributed by atoms with van der Waals surface area (Å²) in [7, 11) is -2.00. The third kappa shape index (κ3) is 3.61. The summed E-state index contributed by atoms with van der Waals surface area (Å²) in [5.41, 5.74) is 0. The minimum Gasteiger partial charge on any atom is -0.497 e. The van der Waals surface area contributed by atoms with Crippen LogP contribution in [0.1, 0.15) is 12.7 Å². The first-order valence-corrected chi connectivity index (χ1v) is 7.68. The highest BCUT2D eigenvalue weighted by Crippen LogP contribution is 2.16. The maximum atomic E-state index is 12.2. The van der Waals surface area contributed by atoms with E-state index in [2.05, 4.69) is 4.72 Å². The van der Waals surface area contributed by atoms with Crippen LogP contribution in [0.2, 0.25) is 0 Å². The Morgan fingerprint density at radius 1 is 1.25 bits per heavy atom. The van der Waals surface area contributed by atoms with Crippen LogP contribution in [-0.2, 0) is 16.4 Å². The van der Waals surface area contributed by atoms with Crippen molar-refractivity contribution in [3.05, 3.63) is 48.4 Å². The normalized spacial score (nSPS) is 13.1. The van der Waals surface area contributed by atoms with Crippen molar-refractivity contribution in [3.8, 4) is 5.75 Å². The van der Waals surface area contributed by atoms with Gasteiger partial charge in [-0.25, -0.2) is 13.1 Å². The van der Waals surface area contributed by atoms with Gasteiger partial charge in [0.15, 0.2) is 0 Å². The van der Waals surface area contributed by atoms with E-state index in [4.69, 9.17) is 9.15 Å². The molecule has 20 heavy (non-hydrogen) atoms. The van der Waals surface area contributed by atoms with Crippen LogP contribution in [0.25, 0.3) is 0 Å². The molecule has 0 bridgehead atoms. The van der Waals surface area contributed by atoms with Crippen LogP contribution < -0.4 is 9.46 Å². The molecule has 0 spiro atoms. The third-order valence-electron chi connectivity index (χ3n) is 2.81. The van der Waals surface area contributed by atoms with Crippen LogP contribution in [0.3, 0.4) is 0 Å². The smallest absolute Gasteiger partial charge is 0.240 e. The fourth-order valence-electron chi connectivity index (χ4n) is 1.86. The van der Waals surface area contributed by atoms with E-state index in [0.717, 1.165) is 5.76 Å². The second kappa shape index (κ2) is 6.11. The summed E-state index contributed by atoms with van der Waals surface area (Å²) >= 11 is 0. The molecule has 0 saturated heterocycles. The fourth-order valence-corrected chi connectivity index (χ4v) is 3.10. The van der Waals surface area contributed by atoms with Gasteiger partial charge in [-0.2, -0.15) is 0 Å². The summed E-state index contributed by atoms with van der Waals surface area (Å²) in [6, 6.07) is 9.60. The molecule has 1 aromatic carbocycles. The van der Waals surface area contributed by atoms with Gasteiger partial charge in [0.25, 0.3) is 0 Å². The molecule has 108 valence electrons. The van der Waals surface area contributed by atoms with Crippen LogP contribution in [0.4, 0.5) is 0 Å². The number of methoxy groups -OCH3 is 1. The fraction of sp³-hybridized carbons (Fsp3) is 0.286. The lowest BCUT2D eigenvalue weighted by Crippen LogP contribution is -2.34. The highest BCUT2D eigenvalue weighted by atomic mass is 32.2. The number of rotatable bonds is 6. The van der Waals surface area contributed by atoms with Gasteiger partial charge in [-0.1, -0.05) is 0 Å². The Hall–Kier alpha value is -1.79. The minimum absolute atomic E-state index is 0.213. The zero-order valence-corrected chi connectivity index (χ0v) is 12.2. The molecule has 1 aromatic heterocycles. The van der Waals surface area contributed by atoms with Crippen LogP contribution in [-0.4, -0.2) is 21.6 Å². The number of nitrogens with one attached hydrogen (secondary N) is 1. The Morgan fingerprint density at radius 2 is 1.95 bits per heavy atom. The van der Waals surface area contributed by atoms with Gasteiger partial charge in [0.2, 0.25) is 10.0 Å². The maximum absolute atomic E-state index is 12.2. The Kier molecular flexibility index (Phi) is 4.46. The SMILES string of the molecule is COc1ccc(S(=O)(=O)N[C@H](C)Cc2ccco2)cc1. The third-order valence-corrected chi connectivity index (χ3v) is 4.42. The molecule has 2 aromatic rings. The average Bonchev–Trinajstić information content (AvgIpc) is 2.91. The quantitative estimate of drug-likeness (QED) is 0.887. The van der Waals surface area contributed by atoms with E-state index in [1.807, 2.05) is 6.07 Å². The van der Waals surface area contributed by atoms with Crippen molar-refractivity contribution >= 4 is 10.0 Å². The van der Waals surface area contributed by atoms with E-state index < -0.39 is 10.0 Å². The van der Waals surface area contributed by atoms with Crippen LogP contribution >= 0.6 is 0 Å². The molecule has 2 rings (SSSR count). The largest absolute Gasteiger partial charge is 0.497 e. The van der Waals surface area contributed by atoms with Gasteiger partial charge in [0.1, 0.15) is 11.5 Å². The van der Waals surface area contributed by atoms with Crippen molar-refractivity contribution in [2.24, 2.45) is 0 Å². The predicted octanol–water partition coefficient (Wildman–Crippen LogP) is 2.20. The summed E-state index contributed by atoms with van der Waals surface area (Å²) in [6.07, 6.45) is 2.07. The van der Waals surface area contributed by atoms with E-state index in [0.29, 0.717) is 12.2 Å². The standard InChI is InChI=1S/C14H17NO4S/c1-11(10-13-4-3-9-19-13)15-20(16,17)14-7-5-12(18-2)6-8-14/h3-9,11,15H,10H2,1-2H3/t11-/m1/s1. The second-order valence-electron chi connectivity index (χ2n) is 4.48. The summed E-state index contributed by atoms with van der Waals surface area (Å²) in [6.45, 7) is 1.80. The number of hydrogen-bond acceptors (Lipinski definition) is 4. The zero-order valence-electron chi connectivity index (χ0n) is 11.4. The lowest BCUT2D eigenvalue weighted by atomic mass is 10.2. The predicted molar refractivity (Wildman–Crippen MR) is 75.2 cm³/mol. The summed E-state index contributed by atoms with van der Waals surface area (Å²) in [5, 5.41) is 0. The van der Waals surface area contributed by atoms with Crippen molar-refractivity contribution < 1.29 is 17.6 Å². The first-order valence-electron chi connectivity index (χ1n) is 6.20. The molecule has 0 aliphatic heterocycles. The van der Waals surface area contributed by atoms with Gasteiger partial charge in [0, 0.05) is 12.5 Å². The highest BCUT2D eigenvalue weighted by Gasteiger charge is 2.18. The molecule has 0 fully saturated rings. The van der Waals surface area contributed by atoms with Crippen molar-refractivity contribution in [2.75, 3.05) is 7.11 Å². The molecule has 1 N–H and O–H groups in total. The molecule has 0 amide bonds. The van der Waals surface area contributed by atoms with Gasteiger partial charge in [-0.15, -0.1) is 0 Å². The highest BCUT2D eigenvalue weighted by molar-refractivity contribution is 7.89. The molecule has 0 unspecified atom stereocenters. The molecule has 6 heteroatoms.